The normalized spacial score (nSPS) is 15.3. The minimum Gasteiger partial charge on any atom is -0.351 e. The number of halogens is 2. The molecule has 0 unspecified atom stereocenters. The molecule has 1 aliphatic heterocycles. The largest absolute Gasteiger partial charge is 0.351 e. The van der Waals surface area contributed by atoms with Gasteiger partial charge in [-0.1, -0.05) is 25.4 Å². The van der Waals surface area contributed by atoms with Crippen LogP contribution in [0, 0.1) is 17.1 Å². The van der Waals surface area contributed by atoms with Crippen LogP contribution in [0.15, 0.2) is 23.1 Å². The van der Waals surface area contributed by atoms with Crippen LogP contribution in [-0.4, -0.2) is 49.1 Å². The number of aryl methyl sites for hydroxylation is 1. The fourth-order valence-corrected chi connectivity index (χ4v) is 5.12. The maximum Gasteiger partial charge on any atom is 0.243 e. The Morgan fingerprint density at radius 1 is 1.17 bits per heavy atom. The highest BCUT2D eigenvalue weighted by Gasteiger charge is 2.31. The minimum atomic E-state index is -3.79. The molecule has 0 spiro atoms. The van der Waals surface area contributed by atoms with Crippen LogP contribution >= 0.6 is 11.6 Å². The molecule has 1 aliphatic rings. The number of rotatable bonds is 5. The number of nitrogens with zero attached hydrogens (tertiary/aromatic N) is 5. The van der Waals surface area contributed by atoms with Gasteiger partial charge in [0, 0.05) is 26.2 Å². The molecule has 0 amide bonds. The van der Waals surface area contributed by atoms with Gasteiger partial charge in [0.2, 0.25) is 10.0 Å². The van der Waals surface area contributed by atoms with Crippen LogP contribution in [-0.2, 0) is 22.9 Å². The number of hydrogen-bond acceptors (Lipinski definition) is 6. The molecular formula is C19H21ClFN5O2S. The van der Waals surface area contributed by atoms with Crippen molar-refractivity contribution in [3.8, 4) is 6.07 Å². The first-order chi connectivity index (χ1) is 13.8. The van der Waals surface area contributed by atoms with Gasteiger partial charge < -0.3 is 4.90 Å². The van der Waals surface area contributed by atoms with E-state index in [1.165, 1.54) is 10.4 Å². The van der Waals surface area contributed by atoms with Crippen molar-refractivity contribution < 1.29 is 12.8 Å². The summed E-state index contributed by atoms with van der Waals surface area (Å²) in [5, 5.41) is 17.9. The molecule has 3 rings (SSSR count). The molecule has 29 heavy (non-hydrogen) atoms. The summed E-state index contributed by atoms with van der Waals surface area (Å²) in [6, 6.07) is 5.61. The summed E-state index contributed by atoms with van der Waals surface area (Å²) in [5.41, 5.74) is 2.19. The predicted octanol–water partition coefficient (Wildman–Crippen LogP) is 2.78. The van der Waals surface area contributed by atoms with Crippen LogP contribution in [0.2, 0.25) is 5.02 Å². The van der Waals surface area contributed by atoms with Crippen LogP contribution in [0.1, 0.15) is 30.7 Å². The van der Waals surface area contributed by atoms with Crippen molar-refractivity contribution in [2.75, 3.05) is 31.1 Å². The summed E-state index contributed by atoms with van der Waals surface area (Å²) in [6.07, 6.45) is 1.37. The third kappa shape index (κ3) is 4.06. The van der Waals surface area contributed by atoms with E-state index in [0.717, 1.165) is 23.4 Å². The molecular weight excluding hydrogens is 417 g/mol. The Morgan fingerprint density at radius 2 is 1.86 bits per heavy atom. The lowest BCUT2D eigenvalue weighted by atomic mass is 10.0. The number of aromatic nitrogens is 2. The lowest BCUT2D eigenvalue weighted by molar-refractivity contribution is 0.383. The zero-order valence-corrected chi connectivity index (χ0v) is 17.8. The van der Waals surface area contributed by atoms with Crippen molar-refractivity contribution in [3.05, 3.63) is 45.9 Å². The highest BCUT2D eigenvalue weighted by atomic mass is 35.5. The van der Waals surface area contributed by atoms with E-state index in [1.807, 2.05) is 18.7 Å². The lowest BCUT2D eigenvalue weighted by Gasteiger charge is -2.35. The van der Waals surface area contributed by atoms with Gasteiger partial charge in [-0.15, -0.1) is 5.10 Å². The molecule has 0 bridgehead atoms. The molecule has 0 atom stereocenters. The second-order valence-corrected chi connectivity index (χ2v) is 8.95. The van der Waals surface area contributed by atoms with Crippen molar-refractivity contribution in [2.45, 2.75) is 31.6 Å². The van der Waals surface area contributed by atoms with E-state index in [4.69, 9.17) is 11.6 Å². The highest BCUT2D eigenvalue weighted by molar-refractivity contribution is 7.89. The summed E-state index contributed by atoms with van der Waals surface area (Å²) in [5.74, 6) is -0.177. The van der Waals surface area contributed by atoms with E-state index in [9.17, 15) is 18.1 Å². The zero-order chi connectivity index (χ0) is 21.2. The monoisotopic (exact) mass is 437 g/mol. The molecule has 0 saturated carbocycles. The van der Waals surface area contributed by atoms with Crippen LogP contribution in [0.25, 0.3) is 0 Å². The minimum absolute atomic E-state index is 0.0459. The summed E-state index contributed by atoms with van der Waals surface area (Å²) in [7, 11) is -3.79. The molecule has 1 aromatic heterocycles. The SMILES string of the molecule is CCc1nnc(N2CCN(S(=O)(=O)c3ccc(F)c(Cl)c3)CC2)c(C#N)c1CC. The fourth-order valence-electron chi connectivity index (χ4n) is 3.43. The second kappa shape index (κ2) is 8.61. The molecule has 0 aliphatic carbocycles. The fraction of sp³-hybridized carbons (Fsp3) is 0.421. The van der Waals surface area contributed by atoms with Gasteiger partial charge in [0.1, 0.15) is 17.4 Å². The molecule has 2 aromatic rings. The zero-order valence-electron chi connectivity index (χ0n) is 16.2. The Labute approximate surface area is 174 Å². The molecule has 1 saturated heterocycles. The molecule has 0 N–H and O–H groups in total. The van der Waals surface area contributed by atoms with Gasteiger partial charge in [0.05, 0.1) is 15.6 Å². The predicted molar refractivity (Wildman–Crippen MR) is 108 cm³/mol. The van der Waals surface area contributed by atoms with Gasteiger partial charge in [0.25, 0.3) is 0 Å². The second-order valence-electron chi connectivity index (χ2n) is 6.61. The third-order valence-corrected chi connectivity index (χ3v) is 7.19. The van der Waals surface area contributed by atoms with Gasteiger partial charge in [0.15, 0.2) is 5.82 Å². The average Bonchev–Trinajstić information content (AvgIpc) is 2.74. The maximum atomic E-state index is 13.4. The van der Waals surface area contributed by atoms with Crippen LogP contribution in [0.3, 0.4) is 0 Å². The van der Waals surface area contributed by atoms with Crippen molar-refractivity contribution in [3.63, 3.8) is 0 Å². The first-order valence-corrected chi connectivity index (χ1v) is 11.1. The molecule has 1 fully saturated rings. The van der Waals surface area contributed by atoms with E-state index in [1.54, 1.807) is 0 Å². The first-order valence-electron chi connectivity index (χ1n) is 9.32. The molecule has 7 nitrogen and oxygen atoms in total. The third-order valence-electron chi connectivity index (χ3n) is 5.01. The standard InChI is InChI=1S/C19H21ClFN5O2S/c1-3-14-15(12-22)19(24-23-18(14)4-2)25-7-9-26(10-8-25)29(27,28)13-5-6-17(21)16(20)11-13/h5-6,11H,3-4,7-10H2,1-2H3. The van der Waals surface area contributed by atoms with Gasteiger partial charge in [-0.25, -0.2) is 12.8 Å². The number of benzene rings is 1. The smallest absolute Gasteiger partial charge is 0.243 e. The Hall–Kier alpha value is -2.28. The van der Waals surface area contributed by atoms with Gasteiger partial charge in [-0.3, -0.25) is 0 Å². The van der Waals surface area contributed by atoms with Crippen LogP contribution in [0.4, 0.5) is 10.2 Å². The maximum absolute atomic E-state index is 13.4. The Morgan fingerprint density at radius 3 is 2.41 bits per heavy atom. The Balaban J connectivity index is 1.82. The first kappa shape index (κ1) is 21.4. The highest BCUT2D eigenvalue weighted by Crippen LogP contribution is 2.27. The lowest BCUT2D eigenvalue weighted by Crippen LogP contribution is -2.49. The number of nitriles is 1. The molecule has 2 heterocycles. The van der Waals surface area contributed by atoms with Gasteiger partial charge in [-0.2, -0.15) is 14.7 Å². The van der Waals surface area contributed by atoms with E-state index < -0.39 is 15.8 Å². The van der Waals surface area contributed by atoms with E-state index in [-0.39, 0.29) is 23.0 Å². The molecule has 1 aromatic carbocycles. The topological polar surface area (TPSA) is 90.2 Å². The average molecular weight is 438 g/mol. The molecule has 0 radical (unpaired) electrons. The number of hydrogen-bond donors (Lipinski definition) is 0. The van der Waals surface area contributed by atoms with Gasteiger partial charge in [-0.05, 0) is 36.6 Å². The molecule has 154 valence electrons. The van der Waals surface area contributed by atoms with E-state index >= 15 is 0 Å². The van der Waals surface area contributed by atoms with E-state index in [0.29, 0.717) is 37.3 Å². The summed E-state index contributed by atoms with van der Waals surface area (Å²) in [6.45, 7) is 5.09. The van der Waals surface area contributed by atoms with Crippen molar-refractivity contribution in [1.29, 1.82) is 5.26 Å². The number of anilines is 1. The number of sulfonamides is 1. The summed E-state index contributed by atoms with van der Waals surface area (Å²) >= 11 is 5.74. The Bertz CT molecular complexity index is 1060. The summed E-state index contributed by atoms with van der Waals surface area (Å²) in [4.78, 5) is 1.84. The Kier molecular flexibility index (Phi) is 6.36. The van der Waals surface area contributed by atoms with E-state index in [2.05, 4.69) is 16.3 Å². The van der Waals surface area contributed by atoms with Crippen LogP contribution in [0.5, 0.6) is 0 Å². The van der Waals surface area contributed by atoms with Crippen molar-refractivity contribution >= 4 is 27.4 Å². The summed E-state index contributed by atoms with van der Waals surface area (Å²) < 4.78 is 40.4. The number of piperazine rings is 1. The molecule has 10 heteroatoms. The van der Waals surface area contributed by atoms with Crippen molar-refractivity contribution in [1.82, 2.24) is 14.5 Å². The quantitative estimate of drug-likeness (QED) is 0.714. The van der Waals surface area contributed by atoms with Crippen LogP contribution < -0.4 is 4.90 Å². The van der Waals surface area contributed by atoms with Gasteiger partial charge >= 0.3 is 0 Å². The van der Waals surface area contributed by atoms with Crippen molar-refractivity contribution in [2.24, 2.45) is 0 Å².